The van der Waals surface area contributed by atoms with Crippen molar-refractivity contribution in [2.24, 2.45) is 5.92 Å². The molecule has 16 heteroatoms. The maximum absolute atomic E-state index is 14.4. The van der Waals surface area contributed by atoms with Crippen LogP contribution in [0.5, 0.6) is 0 Å². The van der Waals surface area contributed by atoms with Gasteiger partial charge in [0.25, 0.3) is 5.91 Å². The lowest BCUT2D eigenvalue weighted by Gasteiger charge is -2.30. The van der Waals surface area contributed by atoms with Crippen LogP contribution in [0.1, 0.15) is 90.7 Å². The molecule has 2 saturated carbocycles. The van der Waals surface area contributed by atoms with Crippen molar-refractivity contribution in [1.29, 1.82) is 0 Å². The largest absolute Gasteiger partial charge is 0.444 e. The first-order valence-corrected chi connectivity index (χ1v) is 19.5. The molecule has 5 rings (SSSR count). The molecule has 4 aliphatic rings. The topological polar surface area (TPSA) is 181 Å². The number of halogens is 1. The predicted octanol–water partition coefficient (Wildman–Crippen LogP) is 3.95. The number of nitrogens with one attached hydrogen (secondary N) is 3. The van der Waals surface area contributed by atoms with Crippen LogP contribution in [0.4, 0.5) is 14.0 Å². The Balaban J connectivity index is 1.38. The average Bonchev–Trinajstić information content (AvgIpc) is 3.95. The molecular formula is C37H50FN5O9S. The van der Waals surface area contributed by atoms with Crippen molar-refractivity contribution in [3.8, 4) is 0 Å². The first kappa shape index (κ1) is 39.7. The van der Waals surface area contributed by atoms with E-state index in [0.29, 0.717) is 36.8 Å². The van der Waals surface area contributed by atoms with E-state index in [1.807, 2.05) is 19.9 Å². The van der Waals surface area contributed by atoms with Gasteiger partial charge in [-0.3, -0.25) is 24.0 Å². The highest BCUT2D eigenvalue weighted by molar-refractivity contribution is 7.91. The molecular weight excluding hydrogens is 709 g/mol. The highest BCUT2D eigenvalue weighted by Gasteiger charge is 2.62. The molecule has 2 heterocycles. The molecule has 2 aliphatic carbocycles. The number of benzene rings is 1. The Morgan fingerprint density at radius 3 is 2.45 bits per heavy atom. The van der Waals surface area contributed by atoms with Crippen molar-refractivity contribution in [2.45, 2.75) is 127 Å². The highest BCUT2D eigenvalue weighted by atomic mass is 32.2. The van der Waals surface area contributed by atoms with Crippen LogP contribution in [-0.2, 0) is 47.0 Å². The lowest BCUT2D eigenvalue weighted by atomic mass is 10.1. The Bertz CT molecular complexity index is 1790. The highest BCUT2D eigenvalue weighted by Crippen LogP contribution is 2.45. The number of alkyl carbamates (subject to hydrolysis) is 1. The molecule has 3 N–H and O–H groups in total. The number of rotatable bonds is 13. The zero-order valence-electron chi connectivity index (χ0n) is 30.9. The van der Waals surface area contributed by atoms with E-state index in [9.17, 15) is 36.8 Å². The standard InChI is InChI=1S/C37H50FN5O9S/c1-7-24-18-37(24,33(46)41-53(49,50)26-15-16-26)40-31(44)30-17-25(51-35(48)42-19-23-12-10-13-28(38)27(23)21-42)20-43(30)32(45)29(14-9-8-11-22(2)3)39-34(47)52-36(4,5)6/h7,10-13,24-26,29-30H,1,8-9,14-21H2,2-6H3,(H,39,47)(H,40,44)(H,41,46)/t24-,25-,29+,30?,37-/m1/s1. The second-order valence-corrected chi connectivity index (χ2v) is 17.5. The maximum atomic E-state index is 14.4. The second kappa shape index (κ2) is 15.5. The van der Waals surface area contributed by atoms with Crippen LogP contribution in [-0.4, -0.2) is 89.2 Å². The lowest BCUT2D eigenvalue weighted by molar-refractivity contribution is -0.141. The van der Waals surface area contributed by atoms with Crippen LogP contribution >= 0.6 is 0 Å². The normalized spacial score (nSPS) is 24.0. The number of allylic oxidation sites excluding steroid dienone is 2. The van der Waals surface area contributed by atoms with Crippen molar-refractivity contribution in [2.75, 3.05) is 6.54 Å². The zero-order valence-corrected chi connectivity index (χ0v) is 31.7. The fourth-order valence-corrected chi connectivity index (χ4v) is 8.11. The molecule has 0 spiro atoms. The summed E-state index contributed by atoms with van der Waals surface area (Å²) in [7, 11) is -3.94. The number of ether oxygens (including phenoxy) is 2. The van der Waals surface area contributed by atoms with Gasteiger partial charge < -0.3 is 25.0 Å². The van der Waals surface area contributed by atoms with Gasteiger partial charge in [0, 0.05) is 24.4 Å². The summed E-state index contributed by atoms with van der Waals surface area (Å²) in [6.45, 7) is 12.5. The monoisotopic (exact) mass is 759 g/mol. The Kier molecular flexibility index (Phi) is 11.6. The van der Waals surface area contributed by atoms with E-state index in [2.05, 4.69) is 21.9 Å². The van der Waals surface area contributed by atoms with Gasteiger partial charge in [-0.1, -0.05) is 29.9 Å². The van der Waals surface area contributed by atoms with Gasteiger partial charge in [-0.25, -0.2) is 22.4 Å². The smallest absolute Gasteiger partial charge is 0.410 e. The molecule has 1 aromatic carbocycles. The van der Waals surface area contributed by atoms with E-state index in [0.717, 1.165) is 5.57 Å². The van der Waals surface area contributed by atoms with Gasteiger partial charge in [0.1, 0.15) is 35.1 Å². The van der Waals surface area contributed by atoms with Crippen molar-refractivity contribution in [3.05, 3.63) is 59.4 Å². The van der Waals surface area contributed by atoms with Gasteiger partial charge in [-0.05, 0) is 84.8 Å². The Morgan fingerprint density at radius 2 is 1.85 bits per heavy atom. The number of carbonyl (C=O) groups excluding carboxylic acids is 5. The minimum atomic E-state index is -3.94. The first-order valence-electron chi connectivity index (χ1n) is 18.0. The maximum Gasteiger partial charge on any atom is 0.410 e. The molecule has 0 aromatic heterocycles. The molecule has 0 radical (unpaired) electrons. The van der Waals surface area contributed by atoms with E-state index >= 15 is 0 Å². The number of unbranched alkanes of at least 4 members (excludes halogenated alkanes) is 1. The van der Waals surface area contributed by atoms with Crippen molar-refractivity contribution >= 4 is 39.9 Å². The second-order valence-electron chi connectivity index (χ2n) is 15.6. The van der Waals surface area contributed by atoms with Gasteiger partial charge in [0.2, 0.25) is 21.8 Å². The number of fused-ring (bicyclic) bond motifs is 1. The number of nitrogens with zero attached hydrogens (tertiary/aromatic N) is 2. The fraction of sp³-hybridized carbons (Fsp3) is 0.595. The van der Waals surface area contributed by atoms with Crippen LogP contribution in [0.15, 0.2) is 42.5 Å². The Morgan fingerprint density at radius 1 is 1.13 bits per heavy atom. The van der Waals surface area contributed by atoms with Crippen molar-refractivity contribution in [3.63, 3.8) is 0 Å². The average molecular weight is 760 g/mol. The summed E-state index contributed by atoms with van der Waals surface area (Å²) in [6, 6.07) is 2.18. The molecule has 1 unspecified atom stereocenters. The van der Waals surface area contributed by atoms with E-state index in [1.54, 1.807) is 32.9 Å². The molecule has 0 bridgehead atoms. The molecule has 2 aliphatic heterocycles. The van der Waals surface area contributed by atoms with E-state index in [4.69, 9.17) is 9.47 Å². The molecule has 14 nitrogen and oxygen atoms in total. The lowest BCUT2D eigenvalue weighted by Crippen LogP contribution is -2.58. The van der Waals surface area contributed by atoms with Gasteiger partial charge in [0.15, 0.2) is 0 Å². The number of likely N-dealkylation sites (tertiary alicyclic amines) is 1. The number of amides is 5. The predicted molar refractivity (Wildman–Crippen MR) is 192 cm³/mol. The number of sulfonamides is 1. The van der Waals surface area contributed by atoms with Crippen LogP contribution in [0.25, 0.3) is 0 Å². The van der Waals surface area contributed by atoms with Gasteiger partial charge >= 0.3 is 12.2 Å². The van der Waals surface area contributed by atoms with Crippen molar-refractivity contribution < 1.29 is 46.3 Å². The van der Waals surface area contributed by atoms with Gasteiger partial charge in [-0.15, -0.1) is 6.58 Å². The number of hydrogen-bond acceptors (Lipinski definition) is 9. The molecule has 5 atom stereocenters. The van der Waals surface area contributed by atoms with E-state index in [-0.39, 0.29) is 38.9 Å². The van der Waals surface area contributed by atoms with Crippen LogP contribution in [0, 0.1) is 11.7 Å². The molecule has 1 saturated heterocycles. The summed E-state index contributed by atoms with van der Waals surface area (Å²) in [6.07, 6.45) is 2.97. The third kappa shape index (κ3) is 9.56. The number of carbonyl (C=O) groups is 5. The van der Waals surface area contributed by atoms with Gasteiger partial charge in [-0.2, -0.15) is 0 Å². The molecule has 53 heavy (non-hydrogen) atoms. The summed E-state index contributed by atoms with van der Waals surface area (Å²) in [5.74, 6) is -3.31. The molecule has 3 fully saturated rings. The van der Waals surface area contributed by atoms with Gasteiger partial charge in [0.05, 0.1) is 18.3 Å². The first-order chi connectivity index (χ1) is 24.8. The Labute approximate surface area is 309 Å². The third-order valence-corrected chi connectivity index (χ3v) is 11.6. The SMILES string of the molecule is C=C[C@@H]1C[C@]1(NC(=O)C1C[C@@H](OC(=O)N2Cc3cccc(F)c3C2)CN1C(=O)[C@H](CCCC=C(C)C)NC(=O)OC(C)(C)C)C(=O)NS(=O)(=O)C1CC1. The quantitative estimate of drug-likeness (QED) is 0.198. The summed E-state index contributed by atoms with van der Waals surface area (Å²) in [5.41, 5.74) is -0.379. The van der Waals surface area contributed by atoms with E-state index in [1.165, 1.54) is 21.9 Å². The Hall–Kier alpha value is -4.47. The summed E-state index contributed by atoms with van der Waals surface area (Å²) < 4.78 is 53.1. The molecule has 1 aromatic rings. The fourth-order valence-electron chi connectivity index (χ4n) is 6.74. The van der Waals surface area contributed by atoms with E-state index < -0.39 is 86.2 Å². The van der Waals surface area contributed by atoms with Crippen LogP contribution in [0.2, 0.25) is 0 Å². The third-order valence-electron chi connectivity index (χ3n) is 9.79. The number of hydrogen-bond donors (Lipinski definition) is 3. The summed E-state index contributed by atoms with van der Waals surface area (Å²) in [5, 5.41) is 4.68. The summed E-state index contributed by atoms with van der Waals surface area (Å²) in [4.78, 5) is 70.8. The molecule has 290 valence electrons. The minimum absolute atomic E-state index is 0.0159. The van der Waals surface area contributed by atoms with Crippen molar-refractivity contribution in [1.82, 2.24) is 25.2 Å². The minimum Gasteiger partial charge on any atom is -0.444 e. The zero-order chi connectivity index (χ0) is 38.9. The van der Waals surface area contributed by atoms with Crippen LogP contribution in [0.3, 0.4) is 0 Å². The summed E-state index contributed by atoms with van der Waals surface area (Å²) >= 11 is 0. The molecule has 5 amide bonds. The van der Waals surface area contributed by atoms with Crippen LogP contribution < -0.4 is 15.4 Å².